The van der Waals surface area contributed by atoms with Crippen molar-refractivity contribution in [2.45, 2.75) is 58.5 Å². The molecule has 0 amide bonds. The molecule has 0 aliphatic heterocycles. The number of hydrogen-bond donors (Lipinski definition) is 1. The van der Waals surface area contributed by atoms with Crippen LogP contribution < -0.4 is 5.32 Å². The number of nitrogens with zero attached hydrogens (tertiary/aromatic N) is 1. The largest absolute Gasteiger partial charge is 0.383 e. The van der Waals surface area contributed by atoms with Crippen LogP contribution in [-0.4, -0.2) is 50.3 Å². The summed E-state index contributed by atoms with van der Waals surface area (Å²) in [4.78, 5) is 2.68. The van der Waals surface area contributed by atoms with Crippen molar-refractivity contribution in [2.75, 3.05) is 33.4 Å². The topological polar surface area (TPSA) is 24.5 Å². The van der Waals surface area contributed by atoms with E-state index in [-0.39, 0.29) is 0 Å². The Kier molecular flexibility index (Phi) is 7.87. The Hall–Kier alpha value is -0.120. The number of nitrogens with one attached hydrogen (secondary N) is 1. The minimum Gasteiger partial charge on any atom is -0.383 e. The monoisotopic (exact) mass is 256 g/mol. The van der Waals surface area contributed by atoms with E-state index < -0.39 is 0 Å². The Labute approximate surface area is 113 Å². The first-order valence-electron chi connectivity index (χ1n) is 7.64. The predicted octanol–water partition coefficient (Wildman–Crippen LogP) is 2.51. The third kappa shape index (κ3) is 6.17. The van der Waals surface area contributed by atoms with Crippen molar-refractivity contribution < 1.29 is 4.74 Å². The van der Waals surface area contributed by atoms with Crippen molar-refractivity contribution in [3.05, 3.63) is 0 Å². The van der Waals surface area contributed by atoms with Crippen LogP contribution in [0.4, 0.5) is 0 Å². The minimum absolute atomic E-state index is 0.549. The number of unbranched alkanes of at least 4 members (excludes halogenated alkanes) is 1. The van der Waals surface area contributed by atoms with Crippen LogP contribution in [0.1, 0.15) is 46.5 Å². The van der Waals surface area contributed by atoms with E-state index in [1.807, 2.05) is 7.11 Å². The molecule has 0 radical (unpaired) electrons. The van der Waals surface area contributed by atoms with Gasteiger partial charge in [-0.2, -0.15) is 0 Å². The number of ether oxygens (including phenoxy) is 1. The fraction of sp³-hybridized carbons (Fsp3) is 1.00. The van der Waals surface area contributed by atoms with Gasteiger partial charge in [-0.15, -0.1) is 0 Å². The van der Waals surface area contributed by atoms with Crippen molar-refractivity contribution in [3.8, 4) is 0 Å². The Balaban J connectivity index is 2.39. The predicted molar refractivity (Wildman–Crippen MR) is 78.0 cm³/mol. The van der Waals surface area contributed by atoms with Gasteiger partial charge in [0.15, 0.2) is 0 Å². The summed E-state index contributed by atoms with van der Waals surface area (Å²) in [5, 5.41) is 3.59. The van der Waals surface area contributed by atoms with E-state index in [0.29, 0.717) is 6.04 Å². The molecule has 1 atom stereocenters. The molecule has 1 N–H and O–H groups in total. The summed E-state index contributed by atoms with van der Waals surface area (Å²) in [6.07, 6.45) is 5.35. The maximum Gasteiger partial charge on any atom is 0.0630 e. The Morgan fingerprint density at radius 3 is 2.50 bits per heavy atom. The van der Waals surface area contributed by atoms with Crippen LogP contribution in [0.2, 0.25) is 0 Å². The molecule has 0 bridgehead atoms. The molecule has 3 nitrogen and oxygen atoms in total. The third-order valence-electron chi connectivity index (χ3n) is 3.55. The molecule has 1 aliphatic carbocycles. The highest BCUT2D eigenvalue weighted by molar-refractivity contribution is 4.89. The Bertz CT molecular complexity index is 205. The van der Waals surface area contributed by atoms with Crippen LogP contribution in [0.25, 0.3) is 0 Å². The maximum atomic E-state index is 5.42. The van der Waals surface area contributed by atoms with E-state index in [4.69, 9.17) is 4.74 Å². The average Bonchev–Trinajstić information content (AvgIpc) is 3.13. The normalized spacial score (nSPS) is 17.7. The van der Waals surface area contributed by atoms with Crippen molar-refractivity contribution in [1.82, 2.24) is 10.2 Å². The van der Waals surface area contributed by atoms with Crippen LogP contribution in [0.3, 0.4) is 0 Å². The van der Waals surface area contributed by atoms with Gasteiger partial charge in [0.2, 0.25) is 0 Å². The summed E-state index contributed by atoms with van der Waals surface area (Å²) in [5.41, 5.74) is 0. The van der Waals surface area contributed by atoms with E-state index in [1.165, 1.54) is 32.2 Å². The molecular formula is C15H32N2O. The number of methoxy groups -OCH3 is 1. The summed E-state index contributed by atoms with van der Waals surface area (Å²) < 4.78 is 5.42. The summed E-state index contributed by atoms with van der Waals surface area (Å²) in [6.45, 7) is 11.0. The Morgan fingerprint density at radius 2 is 2.00 bits per heavy atom. The molecule has 0 aromatic carbocycles. The second-order valence-electron chi connectivity index (χ2n) is 5.98. The lowest BCUT2D eigenvalue weighted by Gasteiger charge is -2.32. The van der Waals surface area contributed by atoms with E-state index >= 15 is 0 Å². The molecule has 108 valence electrons. The molecular weight excluding hydrogens is 224 g/mol. The first-order chi connectivity index (χ1) is 8.69. The lowest BCUT2D eigenvalue weighted by atomic mass is 10.2. The smallest absolute Gasteiger partial charge is 0.0630 e. The van der Waals surface area contributed by atoms with Gasteiger partial charge in [-0.25, -0.2) is 0 Å². The zero-order chi connectivity index (χ0) is 13.4. The molecule has 1 rings (SSSR count). The summed E-state index contributed by atoms with van der Waals surface area (Å²) in [7, 11) is 1.82. The molecule has 0 heterocycles. The van der Waals surface area contributed by atoms with Crippen molar-refractivity contribution >= 4 is 0 Å². The van der Waals surface area contributed by atoms with Crippen LogP contribution >= 0.6 is 0 Å². The van der Waals surface area contributed by atoms with Gasteiger partial charge in [0, 0.05) is 25.7 Å². The quantitative estimate of drug-likeness (QED) is 0.615. The van der Waals surface area contributed by atoms with Crippen molar-refractivity contribution in [2.24, 2.45) is 5.92 Å². The van der Waals surface area contributed by atoms with Gasteiger partial charge in [-0.1, -0.05) is 27.2 Å². The lowest BCUT2D eigenvalue weighted by molar-refractivity contribution is 0.0824. The zero-order valence-corrected chi connectivity index (χ0v) is 12.7. The Morgan fingerprint density at radius 1 is 1.28 bits per heavy atom. The average molecular weight is 256 g/mol. The van der Waals surface area contributed by atoms with Crippen LogP contribution in [0.5, 0.6) is 0 Å². The second-order valence-corrected chi connectivity index (χ2v) is 5.98. The van der Waals surface area contributed by atoms with Crippen molar-refractivity contribution in [3.63, 3.8) is 0 Å². The van der Waals surface area contributed by atoms with E-state index in [9.17, 15) is 0 Å². The lowest BCUT2D eigenvalue weighted by Crippen LogP contribution is -2.47. The molecule has 3 heteroatoms. The second kappa shape index (κ2) is 8.89. The number of hydrogen-bond acceptors (Lipinski definition) is 3. The first kappa shape index (κ1) is 15.9. The fourth-order valence-corrected chi connectivity index (χ4v) is 2.41. The zero-order valence-electron chi connectivity index (χ0n) is 12.7. The highest BCUT2D eigenvalue weighted by Crippen LogP contribution is 2.29. The molecule has 1 aliphatic rings. The first-order valence-corrected chi connectivity index (χ1v) is 7.64. The van der Waals surface area contributed by atoms with Gasteiger partial charge in [-0.05, 0) is 38.3 Å². The van der Waals surface area contributed by atoms with Crippen LogP contribution in [-0.2, 0) is 4.74 Å². The maximum absolute atomic E-state index is 5.42. The summed E-state index contributed by atoms with van der Waals surface area (Å²) in [5.74, 6) is 0.721. The molecule has 18 heavy (non-hydrogen) atoms. The summed E-state index contributed by atoms with van der Waals surface area (Å²) >= 11 is 0. The van der Waals surface area contributed by atoms with Gasteiger partial charge in [-0.3, -0.25) is 4.90 Å². The minimum atomic E-state index is 0.549. The molecule has 1 saturated carbocycles. The van der Waals surface area contributed by atoms with Gasteiger partial charge in [0.25, 0.3) is 0 Å². The molecule has 0 saturated heterocycles. The van der Waals surface area contributed by atoms with E-state index in [2.05, 4.69) is 31.0 Å². The van der Waals surface area contributed by atoms with E-state index in [0.717, 1.165) is 31.7 Å². The van der Waals surface area contributed by atoms with E-state index in [1.54, 1.807) is 0 Å². The molecule has 0 spiro atoms. The van der Waals surface area contributed by atoms with Gasteiger partial charge >= 0.3 is 0 Å². The molecule has 1 unspecified atom stereocenters. The van der Waals surface area contributed by atoms with Crippen molar-refractivity contribution in [1.29, 1.82) is 0 Å². The van der Waals surface area contributed by atoms with Gasteiger partial charge < -0.3 is 10.1 Å². The molecule has 1 fully saturated rings. The highest BCUT2D eigenvalue weighted by Gasteiger charge is 2.33. The molecule has 0 aromatic rings. The third-order valence-corrected chi connectivity index (χ3v) is 3.55. The highest BCUT2D eigenvalue weighted by atomic mass is 16.5. The molecule has 0 aromatic heterocycles. The van der Waals surface area contributed by atoms with Crippen LogP contribution in [0, 0.1) is 5.92 Å². The van der Waals surface area contributed by atoms with Gasteiger partial charge in [0.05, 0.1) is 6.61 Å². The van der Waals surface area contributed by atoms with Gasteiger partial charge in [0.1, 0.15) is 0 Å². The SMILES string of the molecule is CCCCN(C1CC1)C(CNCC(C)C)COC. The number of rotatable bonds is 11. The standard InChI is InChI=1S/C15H32N2O/c1-5-6-9-17(14-7-8-14)15(12-18-4)11-16-10-13(2)3/h13-16H,5-12H2,1-4H3. The van der Waals surface area contributed by atoms with Crippen LogP contribution in [0.15, 0.2) is 0 Å². The fourth-order valence-electron chi connectivity index (χ4n) is 2.41. The summed E-state index contributed by atoms with van der Waals surface area (Å²) in [6, 6.07) is 1.38.